The van der Waals surface area contributed by atoms with Crippen LogP contribution >= 0.6 is 0 Å². The molecule has 154 valence electrons. The van der Waals surface area contributed by atoms with Gasteiger partial charge in [-0.05, 0) is 61.4 Å². The van der Waals surface area contributed by atoms with Crippen LogP contribution in [0.1, 0.15) is 38.0 Å². The molecule has 0 radical (unpaired) electrons. The molecule has 0 spiro atoms. The Labute approximate surface area is 169 Å². The molecule has 1 amide bonds. The van der Waals surface area contributed by atoms with Gasteiger partial charge < -0.3 is 20.5 Å². The number of carbonyl (C=O) groups excluding carboxylic acids is 1. The van der Waals surface area contributed by atoms with Crippen LogP contribution in [0.4, 0.5) is 10.5 Å². The zero-order valence-electron chi connectivity index (χ0n) is 16.8. The third-order valence-electron chi connectivity index (χ3n) is 4.29. The quantitative estimate of drug-likeness (QED) is 0.611. The molecular weight excluding hydrogens is 372 g/mol. The Hall–Kier alpha value is -3.20. The molecule has 29 heavy (non-hydrogen) atoms. The van der Waals surface area contributed by atoms with E-state index in [1.54, 1.807) is 18.3 Å². The van der Waals surface area contributed by atoms with Crippen LogP contribution in [0.25, 0.3) is 5.65 Å². The lowest BCUT2D eigenvalue weighted by Gasteiger charge is -2.29. The van der Waals surface area contributed by atoms with Crippen molar-refractivity contribution in [2.45, 2.75) is 38.9 Å². The summed E-state index contributed by atoms with van der Waals surface area (Å²) in [5, 5.41) is 22.0. The molecule has 3 rings (SSSR count). The smallest absolute Gasteiger partial charge is 0.410 e. The van der Waals surface area contributed by atoms with Crippen molar-refractivity contribution in [3.63, 3.8) is 0 Å². The van der Waals surface area contributed by atoms with Crippen LogP contribution in [-0.4, -0.2) is 54.8 Å². The predicted octanol–water partition coefficient (Wildman–Crippen LogP) is 2.22. The number of amides is 1. The molecule has 1 atom stereocenters. The van der Waals surface area contributed by atoms with Gasteiger partial charge in [-0.25, -0.2) is 9.31 Å². The van der Waals surface area contributed by atoms with Crippen LogP contribution in [0.2, 0.25) is 0 Å². The molecule has 3 N–H and O–H groups in total. The molecule has 9 nitrogen and oxygen atoms in total. The fourth-order valence-corrected chi connectivity index (χ4v) is 2.80. The maximum atomic E-state index is 12.7. The van der Waals surface area contributed by atoms with Gasteiger partial charge in [0, 0.05) is 24.0 Å². The lowest BCUT2D eigenvalue weighted by Crippen LogP contribution is -2.40. The number of fused-ring (bicyclic) bond motifs is 1. The van der Waals surface area contributed by atoms with Crippen molar-refractivity contribution in [3.8, 4) is 0 Å². The largest absolute Gasteiger partial charge is 0.444 e. The van der Waals surface area contributed by atoms with Crippen molar-refractivity contribution >= 4 is 17.4 Å². The van der Waals surface area contributed by atoms with Crippen molar-refractivity contribution in [1.82, 2.24) is 24.9 Å². The Kier molecular flexibility index (Phi) is 5.97. The van der Waals surface area contributed by atoms with Gasteiger partial charge in [0.15, 0.2) is 5.65 Å². The summed E-state index contributed by atoms with van der Waals surface area (Å²) in [5.41, 5.74) is 8.00. The van der Waals surface area contributed by atoms with E-state index in [1.807, 2.05) is 45.0 Å². The van der Waals surface area contributed by atoms with Gasteiger partial charge in [-0.1, -0.05) is 18.2 Å². The van der Waals surface area contributed by atoms with E-state index in [9.17, 15) is 9.90 Å². The number of aliphatic hydroxyl groups excluding tert-OH is 1. The number of hydrogen-bond donors (Lipinski definition) is 2. The number of benzene rings is 1. The monoisotopic (exact) mass is 398 g/mol. The first-order valence-electron chi connectivity index (χ1n) is 9.39. The Morgan fingerprint density at radius 1 is 1.24 bits per heavy atom. The topological polar surface area (TPSA) is 119 Å². The van der Waals surface area contributed by atoms with Crippen LogP contribution < -0.4 is 5.73 Å². The third kappa shape index (κ3) is 5.64. The lowest BCUT2D eigenvalue weighted by atomic mass is 10.1. The van der Waals surface area contributed by atoms with E-state index >= 15 is 0 Å². The van der Waals surface area contributed by atoms with E-state index in [-0.39, 0.29) is 6.54 Å². The molecule has 0 fully saturated rings. The molecule has 0 aliphatic carbocycles. The van der Waals surface area contributed by atoms with Crippen molar-refractivity contribution in [3.05, 3.63) is 53.7 Å². The number of rotatable bonds is 6. The van der Waals surface area contributed by atoms with Gasteiger partial charge in [-0.15, -0.1) is 5.10 Å². The van der Waals surface area contributed by atoms with Gasteiger partial charge in [0.2, 0.25) is 0 Å². The van der Waals surface area contributed by atoms with Gasteiger partial charge in [0.1, 0.15) is 5.60 Å². The zero-order valence-corrected chi connectivity index (χ0v) is 16.8. The van der Waals surface area contributed by atoms with Crippen molar-refractivity contribution < 1.29 is 14.6 Å². The van der Waals surface area contributed by atoms with Crippen LogP contribution in [0.3, 0.4) is 0 Å². The summed E-state index contributed by atoms with van der Waals surface area (Å²) < 4.78 is 7.00. The Morgan fingerprint density at radius 3 is 2.66 bits per heavy atom. The highest BCUT2D eigenvalue weighted by molar-refractivity contribution is 5.68. The van der Waals surface area contributed by atoms with E-state index in [0.717, 1.165) is 5.56 Å². The SMILES string of the molecule is CC(C)(C)OC(=O)N(CCc1ccc(N)cc1)C[C@H](O)c1ccc2nnnn2c1. The minimum absolute atomic E-state index is 0.0809. The molecule has 3 aromatic rings. The molecule has 0 bridgehead atoms. The first kappa shape index (κ1) is 20.5. The molecular formula is C20H26N6O3. The van der Waals surface area contributed by atoms with Gasteiger partial charge in [0.05, 0.1) is 12.6 Å². The highest BCUT2D eigenvalue weighted by Crippen LogP contribution is 2.18. The van der Waals surface area contributed by atoms with E-state index < -0.39 is 17.8 Å². The molecule has 9 heteroatoms. The van der Waals surface area contributed by atoms with Gasteiger partial charge in [-0.3, -0.25) is 0 Å². The van der Waals surface area contributed by atoms with Gasteiger partial charge in [-0.2, -0.15) is 0 Å². The first-order chi connectivity index (χ1) is 13.7. The molecule has 0 saturated carbocycles. The summed E-state index contributed by atoms with van der Waals surface area (Å²) in [6, 6.07) is 10.9. The number of pyridine rings is 1. The number of aromatic nitrogens is 4. The van der Waals surface area contributed by atoms with E-state index in [0.29, 0.717) is 29.9 Å². The average Bonchev–Trinajstić information content (AvgIpc) is 3.12. The number of carbonyl (C=O) groups is 1. The third-order valence-corrected chi connectivity index (χ3v) is 4.29. The number of anilines is 1. The van der Waals surface area contributed by atoms with E-state index in [2.05, 4.69) is 15.5 Å². The zero-order chi connectivity index (χ0) is 21.0. The summed E-state index contributed by atoms with van der Waals surface area (Å²) in [6.07, 6.45) is 0.865. The van der Waals surface area contributed by atoms with Crippen molar-refractivity contribution in [1.29, 1.82) is 0 Å². The summed E-state index contributed by atoms with van der Waals surface area (Å²) in [4.78, 5) is 14.2. The number of nitrogens with two attached hydrogens (primary N) is 1. The highest BCUT2D eigenvalue weighted by Gasteiger charge is 2.24. The Balaban J connectivity index is 1.73. The lowest BCUT2D eigenvalue weighted by molar-refractivity contribution is 0.0146. The maximum absolute atomic E-state index is 12.7. The molecule has 2 aromatic heterocycles. The predicted molar refractivity (Wildman–Crippen MR) is 108 cm³/mol. The molecule has 1 aromatic carbocycles. The number of aliphatic hydroxyl groups is 1. The fourth-order valence-electron chi connectivity index (χ4n) is 2.80. The van der Waals surface area contributed by atoms with E-state index in [4.69, 9.17) is 10.5 Å². The number of nitrogens with zero attached hydrogens (tertiary/aromatic N) is 5. The molecule has 0 saturated heterocycles. The number of ether oxygens (including phenoxy) is 1. The second-order valence-corrected chi connectivity index (χ2v) is 7.88. The van der Waals surface area contributed by atoms with Crippen LogP contribution in [0, 0.1) is 0 Å². The second kappa shape index (κ2) is 8.44. The molecule has 0 aliphatic heterocycles. The molecule has 0 unspecified atom stereocenters. The summed E-state index contributed by atoms with van der Waals surface area (Å²) >= 11 is 0. The standard InChI is InChI=1S/C20H26N6O3/c1-20(2,3)29-19(28)25(11-10-14-4-7-16(21)8-5-14)13-17(27)15-6-9-18-22-23-24-26(18)12-15/h4-9,12,17,27H,10-11,13,21H2,1-3H3/t17-/m0/s1. The summed E-state index contributed by atoms with van der Waals surface area (Å²) in [6.45, 7) is 5.90. The normalized spacial score (nSPS) is 12.7. The molecule has 0 aliphatic rings. The van der Waals surface area contributed by atoms with Crippen molar-refractivity contribution in [2.24, 2.45) is 0 Å². The maximum Gasteiger partial charge on any atom is 0.410 e. The average molecular weight is 398 g/mol. The van der Waals surface area contributed by atoms with Crippen LogP contribution in [0.15, 0.2) is 42.6 Å². The van der Waals surface area contributed by atoms with Crippen LogP contribution in [0.5, 0.6) is 0 Å². The highest BCUT2D eigenvalue weighted by atomic mass is 16.6. The number of hydrogen-bond acceptors (Lipinski definition) is 7. The number of nitrogen functional groups attached to an aromatic ring is 1. The van der Waals surface area contributed by atoms with Crippen LogP contribution in [-0.2, 0) is 11.2 Å². The minimum Gasteiger partial charge on any atom is -0.444 e. The fraction of sp³-hybridized carbons (Fsp3) is 0.400. The first-order valence-corrected chi connectivity index (χ1v) is 9.39. The van der Waals surface area contributed by atoms with E-state index in [1.165, 1.54) is 9.42 Å². The van der Waals surface area contributed by atoms with Gasteiger partial charge >= 0.3 is 6.09 Å². The number of tetrazole rings is 1. The summed E-state index contributed by atoms with van der Waals surface area (Å²) in [5.74, 6) is 0. The second-order valence-electron chi connectivity index (χ2n) is 7.88. The Bertz CT molecular complexity index is 964. The molecule has 2 heterocycles. The minimum atomic E-state index is -0.914. The summed E-state index contributed by atoms with van der Waals surface area (Å²) in [7, 11) is 0. The van der Waals surface area contributed by atoms with Crippen molar-refractivity contribution in [2.75, 3.05) is 18.8 Å². The van der Waals surface area contributed by atoms with Gasteiger partial charge in [0.25, 0.3) is 0 Å². The Morgan fingerprint density at radius 2 is 1.97 bits per heavy atom.